The summed E-state index contributed by atoms with van der Waals surface area (Å²) in [6, 6.07) is 11.0. The van der Waals surface area contributed by atoms with Gasteiger partial charge in [0.2, 0.25) is 17.6 Å². The van der Waals surface area contributed by atoms with Crippen LogP contribution >= 0.6 is 0 Å². The largest absolute Gasteiger partial charge is 0.493 e. The molecule has 2 atom stereocenters. The molecule has 1 aliphatic heterocycles. The smallest absolute Gasteiger partial charge is 0.280 e. The zero-order valence-corrected chi connectivity index (χ0v) is 20.1. The minimum atomic E-state index is -0.453. The molecule has 4 aromatic rings. The van der Waals surface area contributed by atoms with Crippen LogP contribution in [-0.4, -0.2) is 72.8 Å². The lowest BCUT2D eigenvalue weighted by Gasteiger charge is -2.27. The van der Waals surface area contributed by atoms with Gasteiger partial charge in [-0.25, -0.2) is 19.9 Å². The van der Waals surface area contributed by atoms with Crippen molar-refractivity contribution in [2.75, 3.05) is 39.8 Å². The van der Waals surface area contributed by atoms with Crippen LogP contribution in [0.4, 0.5) is 5.82 Å². The number of carbonyl (C=O) groups excluding carboxylic acids is 1. The highest BCUT2D eigenvalue weighted by molar-refractivity contribution is 5.95. The summed E-state index contributed by atoms with van der Waals surface area (Å²) in [4.78, 5) is 33.5. The van der Waals surface area contributed by atoms with Crippen LogP contribution in [-0.2, 0) is 4.79 Å². The molecule has 35 heavy (non-hydrogen) atoms. The number of methoxy groups -OCH3 is 2. The maximum absolute atomic E-state index is 13.2. The van der Waals surface area contributed by atoms with Gasteiger partial charge in [0.25, 0.3) is 5.88 Å². The first-order valence-corrected chi connectivity index (χ1v) is 11.3. The molecule has 0 spiro atoms. The third-order valence-corrected chi connectivity index (χ3v) is 6.15. The Morgan fingerprint density at radius 3 is 2.63 bits per heavy atom. The van der Waals surface area contributed by atoms with Gasteiger partial charge in [-0.05, 0) is 12.1 Å². The van der Waals surface area contributed by atoms with Gasteiger partial charge >= 0.3 is 0 Å². The van der Waals surface area contributed by atoms with Gasteiger partial charge < -0.3 is 24.0 Å². The molecule has 10 nitrogen and oxygen atoms in total. The standard InChI is InChI=1S/C25H26N6O4/c1-30(2)25(32)20-9-15(35-23-12-26-17-7-5-6-8-18(17)29-23)13-31(20)24-16-10-21(33-3)22(34-4)11-19(16)27-14-28-24/h5-8,10-12,14-15,20H,9,13H2,1-4H3/p+1. The number of H-pyrrole nitrogens is 1. The van der Waals surface area contributed by atoms with Crippen LogP contribution in [0.2, 0.25) is 0 Å². The van der Waals surface area contributed by atoms with E-state index in [-0.39, 0.29) is 12.0 Å². The number of fused-ring (bicyclic) bond motifs is 2. The van der Waals surface area contributed by atoms with Crippen LogP contribution < -0.4 is 24.1 Å². The van der Waals surface area contributed by atoms with Crippen LogP contribution in [0.3, 0.4) is 0 Å². The molecule has 3 heterocycles. The number of ether oxygens (including phenoxy) is 3. The average molecular weight is 476 g/mol. The molecule has 10 heteroatoms. The molecule has 1 N–H and O–H groups in total. The van der Waals surface area contributed by atoms with E-state index in [2.05, 4.69) is 19.9 Å². The van der Waals surface area contributed by atoms with Gasteiger partial charge in [0.15, 0.2) is 11.5 Å². The summed E-state index contributed by atoms with van der Waals surface area (Å²) < 4.78 is 17.2. The molecule has 0 radical (unpaired) electrons. The van der Waals surface area contributed by atoms with Gasteiger partial charge in [-0.1, -0.05) is 12.1 Å². The molecule has 1 fully saturated rings. The molecule has 2 unspecified atom stereocenters. The van der Waals surface area contributed by atoms with Gasteiger partial charge in [-0.15, -0.1) is 0 Å². The molecule has 1 saturated heterocycles. The lowest BCUT2D eigenvalue weighted by Crippen LogP contribution is -2.43. The topological polar surface area (TPSA) is 104 Å². The zero-order valence-electron chi connectivity index (χ0n) is 20.1. The highest BCUT2D eigenvalue weighted by atomic mass is 16.5. The summed E-state index contributed by atoms with van der Waals surface area (Å²) >= 11 is 0. The van der Waals surface area contributed by atoms with Crippen molar-refractivity contribution in [2.45, 2.75) is 18.6 Å². The lowest BCUT2D eigenvalue weighted by molar-refractivity contribution is -0.346. The minimum absolute atomic E-state index is 0.0265. The number of anilines is 1. The minimum Gasteiger partial charge on any atom is -0.493 e. The molecule has 0 aliphatic carbocycles. The number of benzene rings is 2. The first kappa shape index (κ1) is 22.6. The zero-order chi connectivity index (χ0) is 24.5. The maximum atomic E-state index is 13.2. The van der Waals surface area contributed by atoms with E-state index < -0.39 is 6.04 Å². The van der Waals surface area contributed by atoms with Crippen LogP contribution in [0, 0.1) is 0 Å². The molecule has 2 aromatic heterocycles. The van der Waals surface area contributed by atoms with Crippen molar-refractivity contribution >= 4 is 33.7 Å². The first-order chi connectivity index (χ1) is 17.0. The van der Waals surface area contributed by atoms with Gasteiger partial charge in [-0.3, -0.25) is 4.79 Å². The molecule has 1 amide bonds. The van der Waals surface area contributed by atoms with Crippen molar-refractivity contribution in [3.05, 3.63) is 48.9 Å². The number of hydrogen-bond donors (Lipinski definition) is 0. The third kappa shape index (κ3) is 4.23. The number of likely N-dealkylation sites (N-methyl/N-ethyl adjacent to an activating group) is 1. The Balaban J connectivity index is 1.51. The van der Waals surface area contributed by atoms with E-state index in [9.17, 15) is 4.79 Å². The summed E-state index contributed by atoms with van der Waals surface area (Å²) in [7, 11) is 6.66. The molecule has 0 saturated carbocycles. The van der Waals surface area contributed by atoms with Gasteiger partial charge in [0.05, 0.1) is 26.3 Å². The number of rotatable bonds is 6. The van der Waals surface area contributed by atoms with Crippen LogP contribution in [0.15, 0.2) is 48.9 Å². The summed E-state index contributed by atoms with van der Waals surface area (Å²) in [5.74, 6) is 2.23. The summed E-state index contributed by atoms with van der Waals surface area (Å²) in [6.45, 7) is 0.458. The predicted molar refractivity (Wildman–Crippen MR) is 130 cm³/mol. The van der Waals surface area contributed by atoms with E-state index in [0.29, 0.717) is 41.7 Å². The molecular weight excluding hydrogens is 448 g/mol. The van der Waals surface area contributed by atoms with Crippen molar-refractivity contribution in [1.82, 2.24) is 19.9 Å². The molecule has 1 aliphatic rings. The van der Waals surface area contributed by atoms with E-state index in [4.69, 9.17) is 14.2 Å². The molecule has 0 bridgehead atoms. The highest BCUT2D eigenvalue weighted by Gasteiger charge is 2.40. The average Bonchev–Trinajstić information content (AvgIpc) is 3.30. The normalized spacial score (nSPS) is 17.5. The number of hydrogen-bond acceptors (Lipinski definition) is 8. The summed E-state index contributed by atoms with van der Waals surface area (Å²) in [5.41, 5.74) is 2.42. The Labute approximate surface area is 202 Å². The number of carbonyl (C=O) groups is 1. The Hall–Kier alpha value is -4.21. The van der Waals surface area contributed by atoms with Gasteiger partial charge in [0, 0.05) is 38.0 Å². The first-order valence-electron chi connectivity index (χ1n) is 11.3. The Kier molecular flexibility index (Phi) is 5.94. The quantitative estimate of drug-likeness (QED) is 0.418. The van der Waals surface area contributed by atoms with Crippen molar-refractivity contribution < 1.29 is 24.0 Å². The fourth-order valence-corrected chi connectivity index (χ4v) is 4.46. The second-order valence-electron chi connectivity index (χ2n) is 8.55. The van der Waals surface area contributed by atoms with Crippen molar-refractivity contribution in [1.29, 1.82) is 0 Å². The van der Waals surface area contributed by atoms with E-state index in [0.717, 1.165) is 16.4 Å². The second kappa shape index (κ2) is 9.21. The fourth-order valence-electron chi connectivity index (χ4n) is 4.46. The maximum Gasteiger partial charge on any atom is 0.280 e. The second-order valence-corrected chi connectivity index (χ2v) is 8.55. The van der Waals surface area contributed by atoms with Crippen LogP contribution in [0.5, 0.6) is 17.4 Å². The molecule has 2 aromatic carbocycles. The number of aromatic nitrogens is 4. The number of nitrogens with one attached hydrogen (secondary N) is 1. The summed E-state index contributed by atoms with van der Waals surface area (Å²) in [6.07, 6.45) is 3.46. The molecular formula is C25H27N6O4+. The number of para-hydroxylation sites is 2. The molecule has 5 rings (SSSR count). The lowest BCUT2D eigenvalue weighted by atomic mass is 10.1. The van der Waals surface area contributed by atoms with Crippen molar-refractivity contribution in [3.63, 3.8) is 0 Å². The SMILES string of the molecule is COc1cc2ncnc(N3CC(Oc4c[nH+]c5ccccc5n4)CC3C(=O)N(C)C)c2cc1OC. The van der Waals surface area contributed by atoms with Gasteiger partial charge in [-0.2, -0.15) is 0 Å². The highest BCUT2D eigenvalue weighted by Crippen LogP contribution is 2.37. The predicted octanol–water partition coefficient (Wildman–Crippen LogP) is 2.12. The van der Waals surface area contributed by atoms with E-state index in [1.54, 1.807) is 45.5 Å². The Morgan fingerprint density at radius 1 is 1.09 bits per heavy atom. The van der Waals surface area contributed by atoms with Crippen molar-refractivity contribution in [3.8, 4) is 17.4 Å². The third-order valence-electron chi connectivity index (χ3n) is 6.15. The Bertz CT molecular complexity index is 1400. The van der Waals surface area contributed by atoms with Crippen LogP contribution in [0.1, 0.15) is 6.42 Å². The number of aromatic amines is 1. The number of nitrogens with zero attached hydrogens (tertiary/aromatic N) is 5. The van der Waals surface area contributed by atoms with E-state index >= 15 is 0 Å². The Morgan fingerprint density at radius 2 is 1.86 bits per heavy atom. The fraction of sp³-hybridized carbons (Fsp3) is 0.320. The van der Waals surface area contributed by atoms with Crippen LogP contribution in [0.25, 0.3) is 21.9 Å². The van der Waals surface area contributed by atoms with Crippen molar-refractivity contribution in [2.24, 2.45) is 0 Å². The summed E-state index contributed by atoms with van der Waals surface area (Å²) in [5, 5.41) is 0.763. The molecule has 180 valence electrons. The monoisotopic (exact) mass is 475 g/mol. The van der Waals surface area contributed by atoms with E-state index in [1.807, 2.05) is 35.2 Å². The van der Waals surface area contributed by atoms with E-state index in [1.165, 1.54) is 6.33 Å². The van der Waals surface area contributed by atoms with Gasteiger partial charge in [0.1, 0.15) is 29.8 Å². The number of amides is 1.